The van der Waals surface area contributed by atoms with E-state index in [9.17, 15) is 9.59 Å². The van der Waals surface area contributed by atoms with E-state index in [1.54, 1.807) is 17.0 Å². The zero-order chi connectivity index (χ0) is 15.0. The van der Waals surface area contributed by atoms with Gasteiger partial charge in [-0.15, -0.1) is 0 Å². The van der Waals surface area contributed by atoms with Crippen molar-refractivity contribution in [2.24, 2.45) is 0 Å². The molecule has 0 N–H and O–H groups in total. The van der Waals surface area contributed by atoms with Crippen molar-refractivity contribution >= 4 is 27.6 Å². The van der Waals surface area contributed by atoms with Gasteiger partial charge >= 0.3 is 0 Å². The average molecular weight is 338 g/mol. The van der Waals surface area contributed by atoms with Crippen molar-refractivity contribution < 1.29 is 9.59 Å². The fraction of sp³-hybridized carbons (Fsp3) is 0.375. The molecule has 0 fully saturated rings. The molecule has 0 unspecified atom stereocenters. The van der Waals surface area contributed by atoms with Gasteiger partial charge in [0.15, 0.2) is 5.78 Å². The number of unbranched alkanes of at least 4 members (excludes halogenated alkanes) is 1. The van der Waals surface area contributed by atoms with Crippen molar-refractivity contribution in [3.05, 3.63) is 46.5 Å². The molecule has 0 aliphatic heterocycles. The first-order valence-corrected chi connectivity index (χ1v) is 7.64. The highest BCUT2D eigenvalue weighted by Gasteiger charge is 2.08. The van der Waals surface area contributed by atoms with E-state index in [0.717, 1.165) is 23.9 Å². The normalized spacial score (nSPS) is 10.8. The third kappa shape index (κ3) is 5.29. The van der Waals surface area contributed by atoms with Crippen LogP contribution in [0.1, 0.15) is 37.0 Å². The van der Waals surface area contributed by atoms with Gasteiger partial charge < -0.3 is 4.90 Å². The standard InChI is InChI=1S/C16H20BrNO2/c1-3-5-12-18(4-2)16(20)11-10-15(19)13-6-8-14(17)9-7-13/h6-11H,3-5,12H2,1-2H3/b11-10+. The largest absolute Gasteiger partial charge is 0.339 e. The van der Waals surface area contributed by atoms with Crippen LogP contribution >= 0.6 is 15.9 Å². The van der Waals surface area contributed by atoms with E-state index in [1.165, 1.54) is 12.2 Å². The number of nitrogens with zero attached hydrogens (tertiary/aromatic N) is 1. The van der Waals surface area contributed by atoms with E-state index >= 15 is 0 Å². The molecular formula is C16H20BrNO2. The topological polar surface area (TPSA) is 37.4 Å². The van der Waals surface area contributed by atoms with E-state index in [4.69, 9.17) is 0 Å². The fourth-order valence-electron chi connectivity index (χ4n) is 1.74. The monoisotopic (exact) mass is 337 g/mol. The molecule has 0 aromatic heterocycles. The summed E-state index contributed by atoms with van der Waals surface area (Å²) in [6.07, 6.45) is 4.74. The molecule has 0 spiro atoms. The third-order valence-corrected chi connectivity index (χ3v) is 3.51. The zero-order valence-electron chi connectivity index (χ0n) is 11.9. The molecule has 1 rings (SSSR count). The Hall–Kier alpha value is -1.42. The number of likely N-dealkylation sites (N-methyl/N-ethyl adjacent to an activating group) is 1. The SMILES string of the molecule is CCCCN(CC)C(=O)/C=C/C(=O)c1ccc(Br)cc1. The van der Waals surface area contributed by atoms with Crippen LogP contribution in [0.4, 0.5) is 0 Å². The Morgan fingerprint density at radius 1 is 1.15 bits per heavy atom. The van der Waals surface area contributed by atoms with Crippen LogP contribution in [0.15, 0.2) is 40.9 Å². The summed E-state index contributed by atoms with van der Waals surface area (Å²) in [4.78, 5) is 25.6. The smallest absolute Gasteiger partial charge is 0.246 e. The summed E-state index contributed by atoms with van der Waals surface area (Å²) in [7, 11) is 0. The van der Waals surface area contributed by atoms with Crippen molar-refractivity contribution in [3.63, 3.8) is 0 Å². The lowest BCUT2D eigenvalue weighted by Crippen LogP contribution is -2.30. The molecular weight excluding hydrogens is 318 g/mol. The summed E-state index contributed by atoms with van der Waals surface area (Å²) in [5.41, 5.74) is 0.578. The van der Waals surface area contributed by atoms with Crippen molar-refractivity contribution in [2.75, 3.05) is 13.1 Å². The zero-order valence-corrected chi connectivity index (χ0v) is 13.5. The Labute approximate surface area is 128 Å². The molecule has 1 amide bonds. The second-order valence-corrected chi connectivity index (χ2v) is 5.39. The molecule has 0 saturated carbocycles. The van der Waals surface area contributed by atoms with Crippen molar-refractivity contribution in [3.8, 4) is 0 Å². The molecule has 4 heteroatoms. The number of hydrogen-bond acceptors (Lipinski definition) is 2. The van der Waals surface area contributed by atoms with Crippen LogP contribution < -0.4 is 0 Å². The van der Waals surface area contributed by atoms with Crippen LogP contribution in [0.3, 0.4) is 0 Å². The molecule has 108 valence electrons. The van der Waals surface area contributed by atoms with Gasteiger partial charge in [-0.2, -0.15) is 0 Å². The fourth-order valence-corrected chi connectivity index (χ4v) is 2.00. The van der Waals surface area contributed by atoms with E-state index in [1.807, 2.05) is 19.1 Å². The molecule has 0 radical (unpaired) electrons. The Bertz CT molecular complexity index is 480. The van der Waals surface area contributed by atoms with Gasteiger partial charge in [0.1, 0.15) is 0 Å². The average Bonchev–Trinajstić information content (AvgIpc) is 2.46. The van der Waals surface area contributed by atoms with E-state index < -0.39 is 0 Å². The Balaban J connectivity index is 2.63. The van der Waals surface area contributed by atoms with Crippen LogP contribution in [0.5, 0.6) is 0 Å². The van der Waals surface area contributed by atoms with E-state index in [0.29, 0.717) is 12.1 Å². The molecule has 0 bridgehead atoms. The summed E-state index contributed by atoms with van der Waals surface area (Å²) in [5, 5.41) is 0. The highest BCUT2D eigenvalue weighted by atomic mass is 79.9. The number of carbonyl (C=O) groups excluding carboxylic acids is 2. The summed E-state index contributed by atoms with van der Waals surface area (Å²) in [6.45, 7) is 5.43. The maximum absolute atomic E-state index is 11.9. The predicted octanol–water partition coefficient (Wildman–Crippen LogP) is 3.84. The Morgan fingerprint density at radius 3 is 2.35 bits per heavy atom. The molecule has 20 heavy (non-hydrogen) atoms. The first kappa shape index (κ1) is 16.6. The Morgan fingerprint density at radius 2 is 1.80 bits per heavy atom. The van der Waals surface area contributed by atoms with E-state index in [-0.39, 0.29) is 11.7 Å². The van der Waals surface area contributed by atoms with Crippen LogP contribution in [0.2, 0.25) is 0 Å². The minimum absolute atomic E-state index is 0.105. The number of ketones is 1. The third-order valence-electron chi connectivity index (χ3n) is 2.98. The summed E-state index contributed by atoms with van der Waals surface area (Å²) in [6, 6.07) is 7.08. The lowest BCUT2D eigenvalue weighted by molar-refractivity contribution is -0.125. The molecule has 0 atom stereocenters. The van der Waals surface area contributed by atoms with Crippen LogP contribution in [0, 0.1) is 0 Å². The number of amides is 1. The van der Waals surface area contributed by atoms with Gasteiger partial charge in [-0.05, 0) is 43.7 Å². The van der Waals surface area contributed by atoms with Gasteiger partial charge in [0, 0.05) is 29.2 Å². The predicted molar refractivity (Wildman–Crippen MR) is 84.8 cm³/mol. The molecule has 0 heterocycles. The van der Waals surface area contributed by atoms with Gasteiger partial charge in [-0.1, -0.05) is 29.3 Å². The molecule has 1 aromatic carbocycles. The summed E-state index contributed by atoms with van der Waals surface area (Å²) in [5.74, 6) is -0.260. The van der Waals surface area contributed by atoms with Crippen LogP contribution in [0.25, 0.3) is 0 Å². The summed E-state index contributed by atoms with van der Waals surface area (Å²) < 4.78 is 0.922. The highest BCUT2D eigenvalue weighted by molar-refractivity contribution is 9.10. The number of hydrogen-bond donors (Lipinski definition) is 0. The summed E-state index contributed by atoms with van der Waals surface area (Å²) >= 11 is 3.32. The van der Waals surface area contributed by atoms with Crippen molar-refractivity contribution in [1.29, 1.82) is 0 Å². The van der Waals surface area contributed by atoms with E-state index in [2.05, 4.69) is 22.9 Å². The molecule has 3 nitrogen and oxygen atoms in total. The van der Waals surface area contributed by atoms with Crippen molar-refractivity contribution in [2.45, 2.75) is 26.7 Å². The van der Waals surface area contributed by atoms with Crippen LogP contribution in [-0.2, 0) is 4.79 Å². The second kappa shape index (κ2) is 8.69. The number of benzene rings is 1. The maximum Gasteiger partial charge on any atom is 0.246 e. The van der Waals surface area contributed by atoms with Gasteiger partial charge in [0.25, 0.3) is 0 Å². The first-order chi connectivity index (χ1) is 9.58. The lowest BCUT2D eigenvalue weighted by Gasteiger charge is -2.18. The van der Waals surface area contributed by atoms with Crippen LogP contribution in [-0.4, -0.2) is 29.7 Å². The molecule has 0 aliphatic carbocycles. The molecule has 1 aromatic rings. The minimum Gasteiger partial charge on any atom is -0.339 e. The molecule has 0 saturated heterocycles. The second-order valence-electron chi connectivity index (χ2n) is 4.48. The first-order valence-electron chi connectivity index (χ1n) is 6.85. The Kier molecular flexibility index (Phi) is 7.23. The molecule has 0 aliphatic rings. The van der Waals surface area contributed by atoms with Gasteiger partial charge in [0.05, 0.1) is 0 Å². The minimum atomic E-state index is -0.155. The highest BCUT2D eigenvalue weighted by Crippen LogP contribution is 2.11. The van der Waals surface area contributed by atoms with Gasteiger partial charge in [-0.25, -0.2) is 0 Å². The quantitative estimate of drug-likeness (QED) is 0.560. The van der Waals surface area contributed by atoms with Gasteiger partial charge in [-0.3, -0.25) is 9.59 Å². The number of allylic oxidation sites excluding steroid dienone is 1. The number of rotatable bonds is 7. The number of carbonyl (C=O) groups is 2. The maximum atomic E-state index is 11.9. The lowest BCUT2D eigenvalue weighted by atomic mass is 10.1. The van der Waals surface area contributed by atoms with Gasteiger partial charge in [0.2, 0.25) is 5.91 Å². The number of halogens is 1. The van der Waals surface area contributed by atoms with Crippen molar-refractivity contribution in [1.82, 2.24) is 4.90 Å².